The Morgan fingerprint density at radius 3 is 2.05 bits per heavy atom. The van der Waals surface area contributed by atoms with E-state index in [1.54, 1.807) is 0 Å². The molecule has 119 valence electrons. The first-order chi connectivity index (χ1) is 8.36. The average Bonchev–Trinajstić information content (AvgIpc) is 3.02. The van der Waals surface area contributed by atoms with Crippen LogP contribution >= 0.6 is 24.8 Å². The number of allylic oxidation sites excluding steroid dienone is 4. The third kappa shape index (κ3) is 12.5. The fraction of sp³-hybridized carbons (Fsp3) is 0.222. The van der Waals surface area contributed by atoms with E-state index < -0.39 is 0 Å². The molecule has 0 unspecified atom stereocenters. The number of benzene rings is 1. The Balaban J connectivity index is -0.0000000677. The van der Waals surface area contributed by atoms with Crippen molar-refractivity contribution in [3.63, 3.8) is 0 Å². The topological polar surface area (TPSA) is 0 Å². The molecule has 0 aliphatic heterocycles. The Kier molecular flexibility index (Phi) is 32.0. The van der Waals surface area contributed by atoms with Gasteiger partial charge in [0.25, 0.3) is 0 Å². The van der Waals surface area contributed by atoms with Gasteiger partial charge in [-0.2, -0.15) is 23.6 Å². The molecule has 0 amide bonds. The van der Waals surface area contributed by atoms with Gasteiger partial charge in [-0.25, -0.2) is 11.6 Å². The zero-order chi connectivity index (χ0) is 12.5. The van der Waals surface area contributed by atoms with Crippen LogP contribution in [0, 0.1) is 13.5 Å². The van der Waals surface area contributed by atoms with Gasteiger partial charge in [0.15, 0.2) is 0 Å². The second-order valence-corrected chi connectivity index (χ2v) is 3.66. The van der Waals surface area contributed by atoms with E-state index >= 15 is 0 Å². The van der Waals surface area contributed by atoms with E-state index in [0.717, 1.165) is 6.42 Å². The molecule has 0 aromatic heterocycles. The molecule has 0 N–H and O–H groups in total. The molecule has 5 radical (unpaired) electrons. The number of hydrogen-bond donors (Lipinski definition) is 0. The number of rotatable bonds is 0. The van der Waals surface area contributed by atoms with Crippen molar-refractivity contribution in [2.24, 2.45) is 0 Å². The van der Waals surface area contributed by atoms with Gasteiger partial charge in [0, 0.05) is 11.0 Å². The molecule has 1 aliphatic carbocycles. The second kappa shape index (κ2) is 21.0. The van der Waals surface area contributed by atoms with Crippen LogP contribution in [0.15, 0.2) is 60.2 Å². The minimum atomic E-state index is 0. The van der Waals surface area contributed by atoms with Crippen molar-refractivity contribution >= 4 is 46.6 Å². The smallest absolute Gasteiger partial charge is 0.358 e. The normalized spacial score (nSPS) is 9.50. The predicted octanol–water partition coefficient (Wildman–Crippen LogP) is 6.19. The van der Waals surface area contributed by atoms with E-state index in [-0.39, 0.29) is 69.4 Å². The van der Waals surface area contributed by atoms with E-state index in [4.69, 9.17) is 0 Å². The van der Waals surface area contributed by atoms with E-state index in [0.29, 0.717) is 0 Å². The largest absolute Gasteiger partial charge is 3.00 e. The van der Waals surface area contributed by atoms with Crippen LogP contribution in [-0.2, 0) is 26.2 Å². The molecule has 4 heteroatoms. The van der Waals surface area contributed by atoms with Gasteiger partial charge in [-0.05, 0) is 0 Å². The number of fused-ring (bicyclic) bond motifs is 1. The Hall–Kier alpha value is -0.0100. The van der Waals surface area contributed by atoms with Gasteiger partial charge < -0.3 is 7.43 Å². The summed E-state index contributed by atoms with van der Waals surface area (Å²) >= 11 is 0. The maximum absolute atomic E-state index is 3.05. The summed E-state index contributed by atoms with van der Waals surface area (Å²) < 4.78 is 0. The molecule has 0 nitrogen and oxygen atoms in total. The number of halogens is 2. The van der Waals surface area contributed by atoms with Gasteiger partial charge >= 0.3 is 26.2 Å². The van der Waals surface area contributed by atoms with Crippen LogP contribution in [0.25, 0.3) is 10.8 Å². The summed E-state index contributed by atoms with van der Waals surface area (Å²) in [6, 6.07) is 14.7. The first-order valence-corrected chi connectivity index (χ1v) is 6.20. The molecule has 3 rings (SSSR count). The first-order valence-electron chi connectivity index (χ1n) is 6.20. The minimum Gasteiger partial charge on any atom is -0.358 e. The fourth-order valence-electron chi connectivity index (χ4n) is 1.57. The van der Waals surface area contributed by atoms with Gasteiger partial charge in [-0.3, -0.25) is 6.08 Å². The van der Waals surface area contributed by atoms with E-state index in [9.17, 15) is 0 Å². The van der Waals surface area contributed by atoms with Crippen molar-refractivity contribution in [2.45, 2.75) is 27.2 Å². The Morgan fingerprint density at radius 2 is 1.64 bits per heavy atom. The summed E-state index contributed by atoms with van der Waals surface area (Å²) in [5.74, 6) is 0. The molecule has 0 atom stereocenters. The summed E-state index contributed by atoms with van der Waals surface area (Å²) in [7, 11) is 0. The third-order valence-electron chi connectivity index (χ3n) is 2.42. The zero-order valence-electron chi connectivity index (χ0n) is 13.7. The Morgan fingerprint density at radius 1 is 1.05 bits per heavy atom. The van der Waals surface area contributed by atoms with Gasteiger partial charge in [-0.15, -0.1) is 67.8 Å². The van der Waals surface area contributed by atoms with Gasteiger partial charge in [-0.1, -0.05) is 19.9 Å². The van der Waals surface area contributed by atoms with Crippen molar-refractivity contribution in [2.75, 3.05) is 0 Å². The second-order valence-electron chi connectivity index (χ2n) is 3.66. The maximum Gasteiger partial charge on any atom is 3.00 e. The zero-order valence-corrected chi connectivity index (χ0v) is 18.8. The van der Waals surface area contributed by atoms with Crippen molar-refractivity contribution in [3.8, 4) is 0 Å². The maximum atomic E-state index is 3.05. The molecule has 0 bridgehead atoms. The first kappa shape index (κ1) is 33.6. The van der Waals surface area contributed by atoms with Crippen LogP contribution in [0.4, 0.5) is 0 Å². The Labute approximate surface area is 172 Å². The summed E-state index contributed by atoms with van der Waals surface area (Å²) in [4.78, 5) is 0. The van der Waals surface area contributed by atoms with Crippen molar-refractivity contribution in [3.05, 3.63) is 73.7 Å². The molecule has 0 spiro atoms. The number of hydrogen-bond acceptors (Lipinski definition) is 0. The molecule has 0 heterocycles. The minimum absolute atomic E-state index is 0. The summed E-state index contributed by atoms with van der Waals surface area (Å²) in [5.41, 5.74) is 1.34. The molecular weight excluding hydrogens is 406 g/mol. The Bertz CT molecular complexity index is 472. The molecule has 2 aromatic carbocycles. The fourth-order valence-corrected chi connectivity index (χ4v) is 1.57. The standard InChI is InChI=1S/C9H7.C6H7.C2H6.CH3.2ClH.Si.Zr/c1-2-5-9-7-3-6-8(9)4-1;1-6-4-2-3-5-6;1-2;;;;;/h1-7H;4-5H,2H2,1H3;1-2H3;1H3;2*1H;;/q2*-1;;-1;;;;+3. The molecule has 0 saturated heterocycles. The van der Waals surface area contributed by atoms with E-state index in [1.807, 2.05) is 19.9 Å². The van der Waals surface area contributed by atoms with Crippen LogP contribution in [0.2, 0.25) is 0 Å². The van der Waals surface area contributed by atoms with Crippen molar-refractivity contribution < 1.29 is 26.2 Å². The average molecular weight is 432 g/mol. The molecule has 22 heavy (non-hydrogen) atoms. The van der Waals surface area contributed by atoms with Crippen LogP contribution in [0.1, 0.15) is 27.2 Å². The van der Waals surface area contributed by atoms with E-state index in [1.165, 1.54) is 16.3 Å². The van der Waals surface area contributed by atoms with Crippen molar-refractivity contribution in [1.82, 2.24) is 0 Å². The van der Waals surface area contributed by atoms with E-state index in [2.05, 4.69) is 61.5 Å². The third-order valence-corrected chi connectivity index (χ3v) is 2.42. The predicted molar refractivity (Wildman–Crippen MR) is 104 cm³/mol. The molecule has 0 saturated carbocycles. The molecule has 0 fully saturated rings. The van der Waals surface area contributed by atoms with Gasteiger partial charge in [0.05, 0.1) is 0 Å². The van der Waals surface area contributed by atoms with Gasteiger partial charge in [0.1, 0.15) is 0 Å². The van der Waals surface area contributed by atoms with Crippen LogP contribution in [0.3, 0.4) is 0 Å². The van der Waals surface area contributed by atoms with Crippen molar-refractivity contribution in [1.29, 1.82) is 0 Å². The molecular formula is C18H25Cl2SiZr. The molecule has 1 aliphatic rings. The van der Waals surface area contributed by atoms with Crippen LogP contribution < -0.4 is 0 Å². The summed E-state index contributed by atoms with van der Waals surface area (Å²) in [6.45, 7) is 6.08. The quantitative estimate of drug-likeness (QED) is 0.345. The summed E-state index contributed by atoms with van der Waals surface area (Å²) in [5, 5.41) is 2.66. The van der Waals surface area contributed by atoms with Crippen LogP contribution in [0.5, 0.6) is 0 Å². The summed E-state index contributed by atoms with van der Waals surface area (Å²) in [6.07, 6.45) is 8.24. The van der Waals surface area contributed by atoms with Gasteiger partial charge in [0.2, 0.25) is 0 Å². The SMILES string of the molecule is CC.CC1=CC[C-]=C1.Cl.Cl.[CH3-].[Si].[Zr+3].c1ccc2[cH-]ccc2c1. The monoisotopic (exact) mass is 429 g/mol. The molecule has 2 aromatic rings. The van der Waals surface area contributed by atoms with Crippen LogP contribution in [-0.4, -0.2) is 11.0 Å².